The summed E-state index contributed by atoms with van der Waals surface area (Å²) in [4.78, 5) is 0. The zero-order valence-corrected chi connectivity index (χ0v) is 17.2. The van der Waals surface area contributed by atoms with Gasteiger partial charge in [0.25, 0.3) is 0 Å². The molecule has 0 aromatic heterocycles. The van der Waals surface area contributed by atoms with E-state index in [4.69, 9.17) is 0 Å². The third-order valence-corrected chi connectivity index (χ3v) is 4.77. The van der Waals surface area contributed by atoms with E-state index in [1.165, 1.54) is 51.4 Å². The summed E-state index contributed by atoms with van der Waals surface area (Å²) in [5.74, 6) is 0. The Hall–Kier alpha value is -1.12. The van der Waals surface area contributed by atoms with Crippen molar-refractivity contribution in [3.63, 3.8) is 0 Å². The average molecular weight is 361 g/mol. The first-order valence-corrected chi connectivity index (χ1v) is 10.7. The fourth-order valence-corrected chi connectivity index (χ4v) is 3.25. The van der Waals surface area contributed by atoms with Gasteiger partial charge >= 0.3 is 0 Å². The number of nitrogens with one attached hydrogen (secondary N) is 2. The second kappa shape index (κ2) is 20.2. The van der Waals surface area contributed by atoms with Gasteiger partial charge in [-0.1, -0.05) is 62.8 Å². The van der Waals surface area contributed by atoms with Crippen LogP contribution in [0.15, 0.2) is 50.6 Å². The van der Waals surface area contributed by atoms with Gasteiger partial charge < -0.3 is 10.6 Å². The minimum atomic E-state index is 0.524. The molecule has 0 heterocycles. The van der Waals surface area contributed by atoms with E-state index in [0.717, 1.165) is 38.8 Å². The number of hydrogen-bond acceptors (Lipinski definition) is 2. The molecule has 0 aliphatic heterocycles. The maximum absolute atomic E-state index is 3.83. The van der Waals surface area contributed by atoms with E-state index in [1.807, 2.05) is 24.3 Å². The number of unbranched alkanes of at least 4 members (excludes halogenated alkanes) is 7. The largest absolute Gasteiger partial charge is 0.313 e. The first kappa shape index (κ1) is 24.9. The summed E-state index contributed by atoms with van der Waals surface area (Å²) >= 11 is 0. The van der Waals surface area contributed by atoms with E-state index in [2.05, 4.69) is 36.9 Å². The van der Waals surface area contributed by atoms with Crippen molar-refractivity contribution in [3.05, 3.63) is 50.6 Å². The molecule has 0 bridgehead atoms. The van der Waals surface area contributed by atoms with Gasteiger partial charge in [-0.25, -0.2) is 0 Å². The summed E-state index contributed by atoms with van der Waals surface area (Å²) in [6.07, 6.45) is 22.8. The molecule has 150 valence electrons. The van der Waals surface area contributed by atoms with E-state index in [9.17, 15) is 0 Å². The Morgan fingerprint density at radius 1 is 0.462 bits per heavy atom. The molecule has 0 aromatic carbocycles. The smallest absolute Gasteiger partial charge is 0.0136 e. The third-order valence-electron chi connectivity index (χ3n) is 4.77. The highest BCUT2D eigenvalue weighted by Crippen LogP contribution is 2.09. The molecular weight excluding hydrogens is 316 g/mol. The first-order chi connectivity index (χ1) is 12.8. The van der Waals surface area contributed by atoms with Crippen LogP contribution in [0.4, 0.5) is 0 Å². The first-order valence-electron chi connectivity index (χ1n) is 10.7. The third kappa shape index (κ3) is 16.4. The van der Waals surface area contributed by atoms with Crippen molar-refractivity contribution in [3.8, 4) is 0 Å². The standard InChI is InChI=1S/C24H44N2/c1-5-17-23(18-6-2)25-21-15-13-11-9-10-12-14-16-22-26-24(19-7-3)20-8-4/h5-8,23-26H,1-4,9-22H2. The van der Waals surface area contributed by atoms with Gasteiger partial charge in [-0.05, 0) is 51.6 Å². The van der Waals surface area contributed by atoms with Crippen LogP contribution in [-0.2, 0) is 0 Å². The van der Waals surface area contributed by atoms with Crippen LogP contribution < -0.4 is 10.6 Å². The van der Waals surface area contributed by atoms with Crippen LogP contribution in [0.2, 0.25) is 0 Å². The van der Waals surface area contributed by atoms with E-state index < -0.39 is 0 Å². The van der Waals surface area contributed by atoms with Crippen LogP contribution in [0.1, 0.15) is 77.0 Å². The Kier molecular flexibility index (Phi) is 19.3. The molecule has 0 rings (SSSR count). The summed E-state index contributed by atoms with van der Waals surface area (Å²) in [5.41, 5.74) is 0. The summed E-state index contributed by atoms with van der Waals surface area (Å²) in [6, 6.07) is 1.05. The average Bonchev–Trinajstić information content (AvgIpc) is 2.63. The van der Waals surface area contributed by atoms with Crippen LogP contribution in [0.3, 0.4) is 0 Å². The minimum Gasteiger partial charge on any atom is -0.313 e. The fourth-order valence-electron chi connectivity index (χ4n) is 3.25. The summed E-state index contributed by atoms with van der Waals surface area (Å²) in [5, 5.41) is 7.22. The van der Waals surface area contributed by atoms with E-state index in [-0.39, 0.29) is 0 Å². The fraction of sp³-hybridized carbons (Fsp3) is 0.667. The van der Waals surface area contributed by atoms with E-state index >= 15 is 0 Å². The molecule has 0 fully saturated rings. The lowest BCUT2D eigenvalue weighted by Gasteiger charge is -2.15. The summed E-state index contributed by atoms with van der Waals surface area (Å²) in [6.45, 7) is 17.5. The molecule has 0 saturated heterocycles. The van der Waals surface area contributed by atoms with Gasteiger partial charge in [-0.2, -0.15) is 0 Å². The van der Waals surface area contributed by atoms with Crippen molar-refractivity contribution in [2.45, 2.75) is 89.1 Å². The van der Waals surface area contributed by atoms with Gasteiger partial charge in [0.05, 0.1) is 0 Å². The topological polar surface area (TPSA) is 24.1 Å². The molecule has 0 unspecified atom stereocenters. The summed E-state index contributed by atoms with van der Waals surface area (Å²) in [7, 11) is 0. The van der Waals surface area contributed by atoms with Crippen LogP contribution in [0.25, 0.3) is 0 Å². The Labute approximate surface area is 163 Å². The number of hydrogen-bond donors (Lipinski definition) is 2. The Morgan fingerprint density at radius 2 is 0.731 bits per heavy atom. The quantitative estimate of drug-likeness (QED) is 0.185. The molecule has 0 spiro atoms. The number of rotatable bonds is 21. The lowest BCUT2D eigenvalue weighted by atomic mass is 10.1. The van der Waals surface area contributed by atoms with Gasteiger partial charge in [-0.15, -0.1) is 26.3 Å². The SMILES string of the molecule is C=CCC(CC=C)NCCCCCCCCCCNC(CC=C)CC=C. The second-order valence-corrected chi connectivity index (χ2v) is 7.23. The van der Waals surface area contributed by atoms with Gasteiger partial charge in [0.1, 0.15) is 0 Å². The van der Waals surface area contributed by atoms with Gasteiger partial charge in [-0.3, -0.25) is 0 Å². The molecule has 0 atom stereocenters. The lowest BCUT2D eigenvalue weighted by Crippen LogP contribution is -2.28. The van der Waals surface area contributed by atoms with Crippen molar-refractivity contribution >= 4 is 0 Å². The molecular formula is C24H44N2. The van der Waals surface area contributed by atoms with Crippen LogP contribution >= 0.6 is 0 Å². The highest BCUT2D eigenvalue weighted by atomic mass is 14.9. The van der Waals surface area contributed by atoms with Gasteiger partial charge in [0.15, 0.2) is 0 Å². The zero-order valence-electron chi connectivity index (χ0n) is 17.2. The molecule has 0 aliphatic rings. The van der Waals surface area contributed by atoms with Crippen LogP contribution in [0, 0.1) is 0 Å². The highest BCUT2D eigenvalue weighted by molar-refractivity contribution is 4.84. The minimum absolute atomic E-state index is 0.524. The normalized spacial score (nSPS) is 11.0. The molecule has 0 amide bonds. The van der Waals surface area contributed by atoms with Crippen molar-refractivity contribution < 1.29 is 0 Å². The Morgan fingerprint density at radius 3 is 1.00 bits per heavy atom. The Balaban J connectivity index is 3.37. The van der Waals surface area contributed by atoms with Crippen molar-refractivity contribution in [2.75, 3.05) is 13.1 Å². The van der Waals surface area contributed by atoms with Gasteiger partial charge in [0.2, 0.25) is 0 Å². The molecule has 2 heteroatoms. The van der Waals surface area contributed by atoms with Crippen molar-refractivity contribution in [1.82, 2.24) is 10.6 Å². The van der Waals surface area contributed by atoms with Crippen molar-refractivity contribution in [1.29, 1.82) is 0 Å². The maximum atomic E-state index is 3.83. The molecule has 0 aromatic rings. The maximum Gasteiger partial charge on any atom is 0.0136 e. The second-order valence-electron chi connectivity index (χ2n) is 7.23. The predicted octanol–water partition coefficient (Wildman–Crippen LogP) is 6.33. The molecule has 2 N–H and O–H groups in total. The molecule has 2 nitrogen and oxygen atoms in total. The van der Waals surface area contributed by atoms with E-state index in [1.54, 1.807) is 0 Å². The molecule has 26 heavy (non-hydrogen) atoms. The van der Waals surface area contributed by atoms with E-state index in [0.29, 0.717) is 12.1 Å². The van der Waals surface area contributed by atoms with Gasteiger partial charge in [0, 0.05) is 12.1 Å². The lowest BCUT2D eigenvalue weighted by molar-refractivity contribution is 0.482. The summed E-state index contributed by atoms with van der Waals surface area (Å²) < 4.78 is 0. The Bertz CT molecular complexity index is 294. The zero-order chi connectivity index (χ0) is 19.3. The molecule has 0 radical (unpaired) electrons. The van der Waals surface area contributed by atoms with Crippen LogP contribution in [-0.4, -0.2) is 25.2 Å². The highest BCUT2D eigenvalue weighted by Gasteiger charge is 2.03. The predicted molar refractivity (Wildman–Crippen MR) is 120 cm³/mol. The van der Waals surface area contributed by atoms with Crippen LogP contribution in [0.5, 0.6) is 0 Å². The molecule has 0 saturated carbocycles. The monoisotopic (exact) mass is 360 g/mol. The van der Waals surface area contributed by atoms with Crippen molar-refractivity contribution in [2.24, 2.45) is 0 Å². The molecule has 0 aliphatic carbocycles.